The van der Waals surface area contributed by atoms with Crippen LogP contribution in [0.3, 0.4) is 0 Å². The molecular weight excluding hydrogens is 217 g/mol. The van der Waals surface area contributed by atoms with E-state index < -0.39 is 23.6 Å². The first-order valence-corrected chi connectivity index (χ1v) is 5.35. The second-order valence-corrected chi connectivity index (χ2v) is 4.44. The summed E-state index contributed by atoms with van der Waals surface area (Å²) in [5.41, 5.74) is -0.0717. The van der Waals surface area contributed by atoms with E-state index in [1.165, 1.54) is 0 Å². The molecule has 0 amide bonds. The molecule has 0 spiro atoms. The first-order chi connectivity index (χ1) is 7.50. The van der Waals surface area contributed by atoms with Crippen LogP contribution in [0.5, 0.6) is 0 Å². The van der Waals surface area contributed by atoms with Crippen LogP contribution >= 0.6 is 0 Å². The minimum atomic E-state index is -1.23. The van der Waals surface area contributed by atoms with E-state index in [0.717, 1.165) is 0 Å². The fourth-order valence-electron chi connectivity index (χ4n) is 2.26. The Bertz CT molecular complexity index is 417. The largest absolute Gasteiger partial charge is 0.388 e. The summed E-state index contributed by atoms with van der Waals surface area (Å²) in [6.45, 7) is 1.90. The summed E-state index contributed by atoms with van der Waals surface area (Å²) in [6.07, 6.45) is 0.243. The second-order valence-electron chi connectivity index (χ2n) is 4.44. The molecule has 0 saturated heterocycles. The normalized spacial score (nSPS) is 25.1. The van der Waals surface area contributed by atoms with Crippen molar-refractivity contribution < 1.29 is 18.3 Å². The molecule has 1 aliphatic rings. The van der Waals surface area contributed by atoms with E-state index in [0.29, 0.717) is 25.3 Å². The predicted molar refractivity (Wildman–Crippen MR) is 53.4 cm³/mol. The van der Waals surface area contributed by atoms with Gasteiger partial charge in [0.05, 0.1) is 6.10 Å². The van der Waals surface area contributed by atoms with Gasteiger partial charge in [-0.1, -0.05) is 6.92 Å². The molecule has 0 aromatic heterocycles. The molecule has 88 valence electrons. The quantitative estimate of drug-likeness (QED) is 0.536. The van der Waals surface area contributed by atoms with E-state index in [2.05, 4.69) is 0 Å². The van der Waals surface area contributed by atoms with Crippen molar-refractivity contribution in [3.8, 4) is 0 Å². The third-order valence-electron chi connectivity index (χ3n) is 3.16. The number of hydrogen-bond acceptors (Lipinski definition) is 1. The maximum Gasteiger partial charge on any atom is 0.165 e. The first-order valence-electron chi connectivity index (χ1n) is 5.35. The molecule has 4 heteroatoms. The van der Waals surface area contributed by atoms with E-state index in [1.54, 1.807) is 0 Å². The van der Waals surface area contributed by atoms with Crippen LogP contribution in [0.25, 0.3) is 0 Å². The topological polar surface area (TPSA) is 20.2 Å². The first kappa shape index (κ1) is 11.5. The van der Waals surface area contributed by atoms with Gasteiger partial charge in [-0.05, 0) is 30.7 Å². The number of benzene rings is 1. The van der Waals surface area contributed by atoms with Gasteiger partial charge in [0, 0.05) is 11.6 Å². The Morgan fingerprint density at radius 2 is 1.94 bits per heavy atom. The fraction of sp³-hybridized carbons (Fsp3) is 0.500. The number of aliphatic hydroxyl groups is 1. The number of halogens is 3. The molecule has 2 atom stereocenters. The van der Waals surface area contributed by atoms with Gasteiger partial charge in [-0.25, -0.2) is 13.2 Å². The summed E-state index contributed by atoms with van der Waals surface area (Å²) in [7, 11) is 0. The Morgan fingerprint density at radius 1 is 1.25 bits per heavy atom. The lowest BCUT2D eigenvalue weighted by atomic mass is 9.99. The van der Waals surface area contributed by atoms with Crippen LogP contribution in [0.15, 0.2) is 6.07 Å². The molecule has 1 aromatic carbocycles. The molecule has 1 aliphatic carbocycles. The SMILES string of the molecule is CC1CCc2c(F)cc(F)c(F)c2C(O)C1. The minimum Gasteiger partial charge on any atom is -0.388 e. The highest BCUT2D eigenvalue weighted by molar-refractivity contribution is 5.34. The van der Waals surface area contributed by atoms with Gasteiger partial charge in [0.1, 0.15) is 5.82 Å². The van der Waals surface area contributed by atoms with Crippen LogP contribution in [-0.4, -0.2) is 5.11 Å². The van der Waals surface area contributed by atoms with Gasteiger partial charge in [0.2, 0.25) is 0 Å². The molecule has 1 aromatic rings. The zero-order valence-corrected chi connectivity index (χ0v) is 8.93. The third-order valence-corrected chi connectivity index (χ3v) is 3.16. The highest BCUT2D eigenvalue weighted by Crippen LogP contribution is 2.35. The summed E-state index contributed by atoms with van der Waals surface area (Å²) in [6, 6.07) is 0.552. The Kier molecular flexibility index (Phi) is 2.93. The molecule has 1 nitrogen and oxygen atoms in total. The van der Waals surface area contributed by atoms with Crippen molar-refractivity contribution in [1.29, 1.82) is 0 Å². The third kappa shape index (κ3) is 1.82. The van der Waals surface area contributed by atoms with Gasteiger partial charge >= 0.3 is 0 Å². The lowest BCUT2D eigenvalue weighted by Crippen LogP contribution is -2.08. The highest BCUT2D eigenvalue weighted by atomic mass is 19.2. The number of fused-ring (bicyclic) bond motifs is 1. The monoisotopic (exact) mass is 230 g/mol. The molecule has 2 unspecified atom stereocenters. The Labute approximate surface area is 91.9 Å². The lowest BCUT2D eigenvalue weighted by Gasteiger charge is -2.14. The van der Waals surface area contributed by atoms with Crippen LogP contribution in [0.2, 0.25) is 0 Å². The van der Waals surface area contributed by atoms with Crippen LogP contribution in [0, 0.1) is 23.4 Å². The van der Waals surface area contributed by atoms with Crippen LogP contribution in [-0.2, 0) is 6.42 Å². The van der Waals surface area contributed by atoms with Crippen molar-refractivity contribution in [1.82, 2.24) is 0 Å². The zero-order chi connectivity index (χ0) is 11.9. The number of rotatable bonds is 0. The van der Waals surface area contributed by atoms with Crippen LogP contribution in [0.1, 0.15) is 37.0 Å². The smallest absolute Gasteiger partial charge is 0.165 e. The molecule has 16 heavy (non-hydrogen) atoms. The summed E-state index contributed by atoms with van der Waals surface area (Å²) >= 11 is 0. The Morgan fingerprint density at radius 3 is 2.62 bits per heavy atom. The van der Waals surface area contributed by atoms with Gasteiger partial charge in [0.25, 0.3) is 0 Å². The van der Waals surface area contributed by atoms with Gasteiger partial charge in [-0.15, -0.1) is 0 Å². The maximum absolute atomic E-state index is 13.5. The Balaban J connectivity index is 2.59. The maximum atomic E-state index is 13.5. The van der Waals surface area contributed by atoms with Gasteiger partial charge in [-0.3, -0.25) is 0 Å². The van der Waals surface area contributed by atoms with Gasteiger partial charge < -0.3 is 5.11 Å². The highest BCUT2D eigenvalue weighted by Gasteiger charge is 2.28. The van der Waals surface area contributed by atoms with Crippen molar-refractivity contribution in [3.05, 3.63) is 34.6 Å². The van der Waals surface area contributed by atoms with Gasteiger partial charge in [0.15, 0.2) is 11.6 Å². The van der Waals surface area contributed by atoms with Crippen molar-refractivity contribution >= 4 is 0 Å². The fourth-order valence-corrected chi connectivity index (χ4v) is 2.26. The molecule has 0 saturated carbocycles. The summed E-state index contributed by atoms with van der Waals surface area (Å²) < 4.78 is 40.0. The second kappa shape index (κ2) is 4.09. The van der Waals surface area contributed by atoms with E-state index in [-0.39, 0.29) is 17.0 Å². The van der Waals surface area contributed by atoms with Gasteiger partial charge in [-0.2, -0.15) is 0 Å². The number of hydrogen-bond donors (Lipinski definition) is 1. The van der Waals surface area contributed by atoms with E-state index in [9.17, 15) is 18.3 Å². The Hall–Kier alpha value is -1.03. The molecular formula is C12H13F3O. The summed E-state index contributed by atoms with van der Waals surface area (Å²) in [4.78, 5) is 0. The van der Waals surface area contributed by atoms with Crippen molar-refractivity contribution in [2.75, 3.05) is 0 Å². The standard InChI is InChI=1S/C12H13F3O/c1-6-2-3-7-8(13)5-9(14)12(15)11(7)10(16)4-6/h5-6,10,16H,2-4H2,1H3. The zero-order valence-electron chi connectivity index (χ0n) is 8.93. The van der Waals surface area contributed by atoms with Crippen molar-refractivity contribution in [2.24, 2.45) is 5.92 Å². The molecule has 0 heterocycles. The van der Waals surface area contributed by atoms with Crippen molar-refractivity contribution in [2.45, 2.75) is 32.3 Å². The van der Waals surface area contributed by atoms with Crippen LogP contribution in [0.4, 0.5) is 13.2 Å². The molecule has 2 rings (SSSR count). The molecule has 0 aliphatic heterocycles. The molecule has 0 bridgehead atoms. The predicted octanol–water partition coefficient (Wildman–Crippen LogP) is 3.11. The van der Waals surface area contributed by atoms with Crippen molar-refractivity contribution in [3.63, 3.8) is 0 Å². The number of aliphatic hydroxyl groups excluding tert-OH is 1. The summed E-state index contributed by atoms with van der Waals surface area (Å²) in [5.74, 6) is -2.94. The average molecular weight is 230 g/mol. The molecule has 1 N–H and O–H groups in total. The van der Waals surface area contributed by atoms with E-state index in [4.69, 9.17) is 0 Å². The molecule has 0 radical (unpaired) electrons. The lowest BCUT2D eigenvalue weighted by molar-refractivity contribution is 0.144. The van der Waals surface area contributed by atoms with E-state index in [1.807, 2.05) is 6.92 Å². The van der Waals surface area contributed by atoms with E-state index >= 15 is 0 Å². The minimum absolute atomic E-state index is 0.121. The molecule has 0 fully saturated rings. The van der Waals surface area contributed by atoms with Crippen LogP contribution < -0.4 is 0 Å². The average Bonchev–Trinajstić information content (AvgIpc) is 2.34. The summed E-state index contributed by atoms with van der Waals surface area (Å²) in [5, 5.41) is 9.77.